The molecule has 0 aliphatic heterocycles. The van der Waals surface area contributed by atoms with Crippen LogP contribution in [0.3, 0.4) is 0 Å². The van der Waals surface area contributed by atoms with E-state index in [-0.39, 0.29) is 11.5 Å². The Balaban J connectivity index is 3.35. The van der Waals surface area contributed by atoms with Crippen LogP contribution in [0.5, 0.6) is 0 Å². The number of aliphatic hydroxyl groups excluding tert-OH is 1. The molecule has 0 aliphatic rings. The first-order valence-corrected chi connectivity index (χ1v) is 4.83. The molecule has 0 spiro atoms. The number of hydrogen-bond acceptors (Lipinski definition) is 3. The van der Waals surface area contributed by atoms with Crippen LogP contribution in [-0.2, 0) is 4.74 Å². The Hall–Kier alpha value is -0.120. The summed E-state index contributed by atoms with van der Waals surface area (Å²) in [6.07, 6.45) is 0.573. The molecular formula is C10H23NO2. The van der Waals surface area contributed by atoms with Crippen molar-refractivity contribution in [3.63, 3.8) is 0 Å². The summed E-state index contributed by atoms with van der Waals surface area (Å²) in [6, 6.07) is 0. The van der Waals surface area contributed by atoms with Gasteiger partial charge in [-0.15, -0.1) is 0 Å². The van der Waals surface area contributed by atoms with Crippen LogP contribution in [0, 0.1) is 5.41 Å². The van der Waals surface area contributed by atoms with Gasteiger partial charge in [0.15, 0.2) is 0 Å². The minimum absolute atomic E-state index is 0.197. The highest BCUT2D eigenvalue weighted by atomic mass is 16.5. The van der Waals surface area contributed by atoms with Crippen LogP contribution >= 0.6 is 0 Å². The highest BCUT2D eigenvalue weighted by Gasteiger charge is 2.15. The molecular weight excluding hydrogens is 166 g/mol. The molecule has 0 radical (unpaired) electrons. The van der Waals surface area contributed by atoms with Crippen molar-refractivity contribution in [2.75, 3.05) is 26.8 Å². The van der Waals surface area contributed by atoms with Crippen molar-refractivity contribution < 1.29 is 9.84 Å². The SMILES string of the molecule is COCCNCC(O)CC(C)(C)C. The molecule has 1 unspecified atom stereocenters. The van der Waals surface area contributed by atoms with E-state index in [4.69, 9.17) is 4.74 Å². The summed E-state index contributed by atoms with van der Waals surface area (Å²) in [5, 5.41) is 12.7. The van der Waals surface area contributed by atoms with Crippen LogP contribution < -0.4 is 5.32 Å². The number of ether oxygens (including phenoxy) is 1. The maximum absolute atomic E-state index is 9.58. The zero-order valence-corrected chi connectivity index (χ0v) is 9.26. The van der Waals surface area contributed by atoms with Crippen LogP contribution in [0.25, 0.3) is 0 Å². The number of hydrogen-bond donors (Lipinski definition) is 2. The molecule has 0 rings (SSSR count). The van der Waals surface area contributed by atoms with Crippen molar-refractivity contribution in [2.45, 2.75) is 33.3 Å². The summed E-state index contributed by atoms with van der Waals surface area (Å²) < 4.78 is 4.88. The average molecular weight is 189 g/mol. The lowest BCUT2D eigenvalue weighted by molar-refractivity contribution is 0.116. The van der Waals surface area contributed by atoms with Crippen molar-refractivity contribution in [1.82, 2.24) is 5.32 Å². The van der Waals surface area contributed by atoms with Gasteiger partial charge in [-0.25, -0.2) is 0 Å². The second kappa shape index (κ2) is 6.35. The minimum atomic E-state index is -0.253. The fourth-order valence-electron chi connectivity index (χ4n) is 1.22. The Morgan fingerprint density at radius 1 is 1.38 bits per heavy atom. The predicted octanol–water partition coefficient (Wildman–Crippen LogP) is 1.02. The van der Waals surface area contributed by atoms with Gasteiger partial charge < -0.3 is 15.2 Å². The van der Waals surface area contributed by atoms with Crippen molar-refractivity contribution in [3.8, 4) is 0 Å². The second-order valence-corrected chi connectivity index (χ2v) is 4.62. The fraction of sp³-hybridized carbons (Fsp3) is 1.00. The number of methoxy groups -OCH3 is 1. The molecule has 0 saturated carbocycles. The second-order valence-electron chi connectivity index (χ2n) is 4.62. The predicted molar refractivity (Wildman–Crippen MR) is 54.8 cm³/mol. The van der Waals surface area contributed by atoms with Gasteiger partial charge in [-0.05, 0) is 11.8 Å². The maximum atomic E-state index is 9.58. The van der Waals surface area contributed by atoms with Gasteiger partial charge in [0.05, 0.1) is 12.7 Å². The molecule has 80 valence electrons. The summed E-state index contributed by atoms with van der Waals surface area (Å²) in [5.41, 5.74) is 0.197. The highest BCUT2D eigenvalue weighted by molar-refractivity contribution is 4.69. The molecule has 2 N–H and O–H groups in total. The topological polar surface area (TPSA) is 41.5 Å². The van der Waals surface area contributed by atoms with E-state index in [1.807, 2.05) is 0 Å². The molecule has 1 atom stereocenters. The zero-order valence-electron chi connectivity index (χ0n) is 9.26. The van der Waals surface area contributed by atoms with E-state index in [0.717, 1.165) is 13.0 Å². The fourth-order valence-corrected chi connectivity index (χ4v) is 1.22. The number of rotatable bonds is 6. The Morgan fingerprint density at radius 3 is 2.46 bits per heavy atom. The Morgan fingerprint density at radius 2 is 2.00 bits per heavy atom. The van der Waals surface area contributed by atoms with Gasteiger partial charge in [-0.2, -0.15) is 0 Å². The first-order chi connectivity index (χ1) is 5.95. The van der Waals surface area contributed by atoms with Crippen molar-refractivity contribution in [1.29, 1.82) is 0 Å². The van der Waals surface area contributed by atoms with Crippen molar-refractivity contribution in [2.24, 2.45) is 5.41 Å². The molecule has 0 aromatic heterocycles. The Labute approximate surface area is 81.5 Å². The van der Waals surface area contributed by atoms with E-state index in [2.05, 4.69) is 26.1 Å². The van der Waals surface area contributed by atoms with Gasteiger partial charge in [0.2, 0.25) is 0 Å². The lowest BCUT2D eigenvalue weighted by Crippen LogP contribution is -2.31. The van der Waals surface area contributed by atoms with Gasteiger partial charge in [-0.3, -0.25) is 0 Å². The third kappa shape index (κ3) is 9.80. The van der Waals surface area contributed by atoms with Crippen molar-refractivity contribution >= 4 is 0 Å². The van der Waals surface area contributed by atoms with Gasteiger partial charge in [0.1, 0.15) is 0 Å². The van der Waals surface area contributed by atoms with E-state index in [9.17, 15) is 5.11 Å². The number of aliphatic hydroxyl groups is 1. The molecule has 3 nitrogen and oxygen atoms in total. The van der Waals surface area contributed by atoms with Crippen LogP contribution in [0.2, 0.25) is 0 Å². The van der Waals surface area contributed by atoms with E-state index in [1.54, 1.807) is 7.11 Å². The molecule has 0 aromatic rings. The molecule has 0 heterocycles. The van der Waals surface area contributed by atoms with Crippen LogP contribution in [0.4, 0.5) is 0 Å². The maximum Gasteiger partial charge on any atom is 0.0669 e. The van der Waals surface area contributed by atoms with E-state index in [1.165, 1.54) is 0 Å². The van der Waals surface area contributed by atoms with Crippen molar-refractivity contribution in [3.05, 3.63) is 0 Å². The lowest BCUT2D eigenvalue weighted by Gasteiger charge is -2.22. The molecule has 0 amide bonds. The first-order valence-electron chi connectivity index (χ1n) is 4.83. The molecule has 3 heteroatoms. The largest absolute Gasteiger partial charge is 0.392 e. The van der Waals surface area contributed by atoms with Gasteiger partial charge >= 0.3 is 0 Å². The molecule has 0 aliphatic carbocycles. The molecule has 0 fully saturated rings. The summed E-state index contributed by atoms with van der Waals surface area (Å²) in [4.78, 5) is 0. The van der Waals surface area contributed by atoms with Gasteiger partial charge in [-0.1, -0.05) is 20.8 Å². The summed E-state index contributed by atoms with van der Waals surface area (Å²) >= 11 is 0. The summed E-state index contributed by atoms with van der Waals surface area (Å²) in [7, 11) is 1.67. The molecule has 0 bridgehead atoms. The average Bonchev–Trinajstić information content (AvgIpc) is 1.94. The molecule has 0 aromatic carbocycles. The van der Waals surface area contributed by atoms with Crippen LogP contribution in [-0.4, -0.2) is 38.0 Å². The smallest absolute Gasteiger partial charge is 0.0669 e. The van der Waals surface area contributed by atoms with Gasteiger partial charge in [0, 0.05) is 20.2 Å². The highest BCUT2D eigenvalue weighted by Crippen LogP contribution is 2.20. The Bertz CT molecular complexity index is 121. The Kier molecular flexibility index (Phi) is 6.29. The number of nitrogens with one attached hydrogen (secondary N) is 1. The summed E-state index contributed by atoms with van der Waals surface area (Å²) in [5.74, 6) is 0. The first kappa shape index (κ1) is 12.9. The summed E-state index contributed by atoms with van der Waals surface area (Å²) in [6.45, 7) is 8.54. The standard InChI is InChI=1S/C10H23NO2/c1-10(2,3)7-9(12)8-11-5-6-13-4/h9,11-12H,5-8H2,1-4H3. The van der Waals surface area contributed by atoms with E-state index in [0.29, 0.717) is 13.2 Å². The third-order valence-electron chi connectivity index (χ3n) is 1.71. The molecule has 0 saturated heterocycles. The molecule has 13 heavy (non-hydrogen) atoms. The lowest BCUT2D eigenvalue weighted by atomic mass is 9.89. The minimum Gasteiger partial charge on any atom is -0.392 e. The van der Waals surface area contributed by atoms with Crippen LogP contribution in [0.15, 0.2) is 0 Å². The van der Waals surface area contributed by atoms with Gasteiger partial charge in [0.25, 0.3) is 0 Å². The monoisotopic (exact) mass is 189 g/mol. The third-order valence-corrected chi connectivity index (χ3v) is 1.71. The quantitative estimate of drug-likeness (QED) is 0.613. The normalized spacial score (nSPS) is 14.5. The van der Waals surface area contributed by atoms with E-state index >= 15 is 0 Å². The van der Waals surface area contributed by atoms with E-state index < -0.39 is 0 Å². The van der Waals surface area contributed by atoms with Crippen LogP contribution in [0.1, 0.15) is 27.2 Å². The zero-order chi connectivity index (χ0) is 10.3.